The second kappa shape index (κ2) is 4.37. The maximum absolute atomic E-state index is 12.6. The highest BCUT2D eigenvalue weighted by molar-refractivity contribution is 6.31. The van der Waals surface area contributed by atoms with Crippen molar-refractivity contribution in [1.82, 2.24) is 4.98 Å². The van der Waals surface area contributed by atoms with Gasteiger partial charge in [0.05, 0.1) is 16.3 Å². The monoisotopic (exact) mass is 256 g/mol. The van der Waals surface area contributed by atoms with Gasteiger partial charge in [0.25, 0.3) is 0 Å². The molecule has 0 saturated heterocycles. The van der Waals surface area contributed by atoms with Crippen LogP contribution >= 0.6 is 11.6 Å². The van der Waals surface area contributed by atoms with E-state index in [2.05, 4.69) is 11.1 Å². The van der Waals surface area contributed by atoms with Crippen LogP contribution in [0.2, 0.25) is 5.02 Å². The van der Waals surface area contributed by atoms with Crippen LogP contribution in [0.3, 0.4) is 0 Å². The molecule has 1 aromatic carbocycles. The van der Waals surface area contributed by atoms with Gasteiger partial charge >= 0.3 is 6.18 Å². The predicted molar refractivity (Wildman–Crippen MR) is 58.5 cm³/mol. The largest absolute Gasteiger partial charge is 0.417 e. The fraction of sp³-hybridized carbons (Fsp3) is 0.0833. The number of hydrogen-bond acceptors (Lipinski definition) is 1. The van der Waals surface area contributed by atoms with Gasteiger partial charge in [-0.05, 0) is 18.2 Å². The van der Waals surface area contributed by atoms with Crippen LogP contribution in [-0.2, 0) is 6.18 Å². The number of benzene rings is 1. The molecule has 0 aliphatic rings. The Morgan fingerprint density at radius 1 is 1.18 bits per heavy atom. The van der Waals surface area contributed by atoms with Gasteiger partial charge in [-0.2, -0.15) is 13.2 Å². The molecule has 1 aromatic heterocycles. The zero-order chi connectivity index (χ0) is 12.5. The standard InChI is InChI=1S/C12H6ClF3N/c13-10-5-4-8(7-9(10)12(14,15)16)11-3-1-2-6-17-11/h1,3-7H. The van der Waals surface area contributed by atoms with E-state index in [1.54, 1.807) is 12.1 Å². The summed E-state index contributed by atoms with van der Waals surface area (Å²) in [5.74, 6) is 0. The molecule has 2 aromatic rings. The van der Waals surface area contributed by atoms with Crippen molar-refractivity contribution >= 4 is 11.6 Å². The van der Waals surface area contributed by atoms with E-state index in [4.69, 9.17) is 11.6 Å². The van der Waals surface area contributed by atoms with Gasteiger partial charge < -0.3 is 0 Å². The number of halogens is 4. The minimum absolute atomic E-state index is 0.316. The van der Waals surface area contributed by atoms with E-state index in [1.165, 1.54) is 18.3 Å². The molecule has 0 saturated carbocycles. The second-order valence-electron chi connectivity index (χ2n) is 3.34. The molecule has 0 unspecified atom stereocenters. The molecule has 0 spiro atoms. The third kappa shape index (κ3) is 2.58. The topological polar surface area (TPSA) is 12.9 Å². The lowest BCUT2D eigenvalue weighted by Crippen LogP contribution is -2.06. The molecule has 17 heavy (non-hydrogen) atoms. The molecule has 0 amide bonds. The van der Waals surface area contributed by atoms with Crippen molar-refractivity contribution in [2.75, 3.05) is 0 Å². The van der Waals surface area contributed by atoms with Gasteiger partial charge in [-0.15, -0.1) is 0 Å². The summed E-state index contributed by atoms with van der Waals surface area (Å²) < 4.78 is 37.9. The minimum atomic E-state index is -4.46. The first-order valence-electron chi connectivity index (χ1n) is 4.68. The Morgan fingerprint density at radius 2 is 1.94 bits per heavy atom. The van der Waals surface area contributed by atoms with Gasteiger partial charge in [0.2, 0.25) is 0 Å². The predicted octanol–water partition coefficient (Wildman–Crippen LogP) is 4.22. The lowest BCUT2D eigenvalue weighted by Gasteiger charge is -2.10. The molecule has 0 aliphatic heterocycles. The maximum atomic E-state index is 12.6. The first-order chi connectivity index (χ1) is 7.98. The Labute approximate surface area is 101 Å². The van der Waals surface area contributed by atoms with Gasteiger partial charge in [0, 0.05) is 17.8 Å². The number of nitrogens with zero attached hydrogens (tertiary/aromatic N) is 1. The Balaban J connectivity index is 2.53. The van der Waals surface area contributed by atoms with Crippen LogP contribution in [0.5, 0.6) is 0 Å². The Morgan fingerprint density at radius 3 is 2.53 bits per heavy atom. The summed E-state index contributed by atoms with van der Waals surface area (Å²) in [6.07, 6.45) is -3.06. The summed E-state index contributed by atoms with van der Waals surface area (Å²) in [4.78, 5) is 3.94. The molecule has 1 nitrogen and oxygen atoms in total. The van der Waals surface area contributed by atoms with Crippen LogP contribution in [0.25, 0.3) is 11.3 Å². The summed E-state index contributed by atoms with van der Waals surface area (Å²) in [7, 11) is 0. The number of rotatable bonds is 1. The molecule has 87 valence electrons. The van der Waals surface area contributed by atoms with Crippen LogP contribution in [0.4, 0.5) is 13.2 Å². The van der Waals surface area contributed by atoms with E-state index >= 15 is 0 Å². The van der Waals surface area contributed by atoms with Gasteiger partial charge in [0.1, 0.15) is 0 Å². The molecule has 1 heterocycles. The van der Waals surface area contributed by atoms with E-state index < -0.39 is 11.7 Å². The van der Waals surface area contributed by atoms with Crippen molar-refractivity contribution in [3.63, 3.8) is 0 Å². The maximum Gasteiger partial charge on any atom is 0.417 e. The summed E-state index contributed by atoms with van der Waals surface area (Å²) in [5.41, 5.74) is -0.0343. The Kier molecular flexibility index (Phi) is 3.07. The van der Waals surface area contributed by atoms with Crippen LogP contribution in [0, 0.1) is 6.07 Å². The Hall–Kier alpha value is -1.55. The highest BCUT2D eigenvalue weighted by atomic mass is 35.5. The van der Waals surface area contributed by atoms with Crippen molar-refractivity contribution in [2.45, 2.75) is 6.18 Å². The van der Waals surface area contributed by atoms with Crippen LogP contribution in [-0.4, -0.2) is 4.98 Å². The zero-order valence-electron chi connectivity index (χ0n) is 8.42. The minimum Gasteiger partial charge on any atom is -0.256 e. The van der Waals surface area contributed by atoms with Crippen molar-refractivity contribution < 1.29 is 13.2 Å². The molecule has 0 N–H and O–H groups in total. The molecule has 1 radical (unpaired) electrons. The first-order valence-corrected chi connectivity index (χ1v) is 5.05. The molecular weight excluding hydrogens is 251 g/mol. The number of hydrogen-bond donors (Lipinski definition) is 0. The summed E-state index contributed by atoms with van der Waals surface area (Å²) in [5, 5.41) is -0.316. The smallest absolute Gasteiger partial charge is 0.256 e. The van der Waals surface area contributed by atoms with Crippen molar-refractivity contribution in [3.8, 4) is 11.3 Å². The number of pyridine rings is 1. The first kappa shape index (κ1) is 11.9. The van der Waals surface area contributed by atoms with Crippen molar-refractivity contribution in [3.05, 3.63) is 53.2 Å². The van der Waals surface area contributed by atoms with Gasteiger partial charge in [-0.25, -0.2) is 0 Å². The fourth-order valence-electron chi connectivity index (χ4n) is 1.39. The average molecular weight is 257 g/mol. The van der Waals surface area contributed by atoms with E-state index in [-0.39, 0.29) is 5.02 Å². The average Bonchev–Trinajstić information content (AvgIpc) is 2.29. The fourth-order valence-corrected chi connectivity index (χ4v) is 1.62. The molecule has 0 fully saturated rings. The van der Waals surface area contributed by atoms with E-state index in [0.29, 0.717) is 11.3 Å². The highest BCUT2D eigenvalue weighted by Crippen LogP contribution is 2.36. The van der Waals surface area contributed by atoms with Crippen molar-refractivity contribution in [2.24, 2.45) is 0 Å². The molecule has 2 rings (SSSR count). The number of aromatic nitrogens is 1. The van der Waals surface area contributed by atoms with E-state index in [0.717, 1.165) is 6.07 Å². The lowest BCUT2D eigenvalue weighted by molar-refractivity contribution is -0.137. The lowest BCUT2D eigenvalue weighted by atomic mass is 10.1. The number of alkyl halides is 3. The molecule has 5 heteroatoms. The Bertz CT molecular complexity index is 523. The zero-order valence-corrected chi connectivity index (χ0v) is 9.18. The quantitative estimate of drug-likeness (QED) is 0.744. The van der Waals surface area contributed by atoms with Crippen LogP contribution < -0.4 is 0 Å². The van der Waals surface area contributed by atoms with Gasteiger partial charge in [0.15, 0.2) is 0 Å². The third-order valence-corrected chi connectivity index (χ3v) is 2.51. The van der Waals surface area contributed by atoms with Crippen LogP contribution in [0.15, 0.2) is 36.5 Å². The molecule has 0 aliphatic carbocycles. The summed E-state index contributed by atoms with van der Waals surface area (Å²) in [6, 6.07) is 9.58. The van der Waals surface area contributed by atoms with E-state index in [1.807, 2.05) is 0 Å². The summed E-state index contributed by atoms with van der Waals surface area (Å²) in [6.45, 7) is 0. The van der Waals surface area contributed by atoms with Crippen molar-refractivity contribution in [1.29, 1.82) is 0 Å². The van der Waals surface area contributed by atoms with Gasteiger partial charge in [-0.1, -0.05) is 23.7 Å². The van der Waals surface area contributed by atoms with Crippen LogP contribution in [0.1, 0.15) is 5.56 Å². The SMILES string of the molecule is FC(F)(F)c1cc(-c2cc[c]cn2)ccc1Cl. The molecule has 0 atom stereocenters. The second-order valence-corrected chi connectivity index (χ2v) is 3.74. The normalized spacial score (nSPS) is 11.5. The molecular formula is C12H6ClF3N. The molecule has 0 bridgehead atoms. The highest BCUT2D eigenvalue weighted by Gasteiger charge is 2.33. The third-order valence-electron chi connectivity index (χ3n) is 2.18. The van der Waals surface area contributed by atoms with Gasteiger partial charge in [-0.3, -0.25) is 4.98 Å². The van der Waals surface area contributed by atoms with E-state index in [9.17, 15) is 13.2 Å². The summed E-state index contributed by atoms with van der Waals surface area (Å²) >= 11 is 5.52.